The molecule has 0 aromatic carbocycles. The molecule has 0 aromatic heterocycles. The number of alkyl halides is 3. The summed E-state index contributed by atoms with van der Waals surface area (Å²) in [7, 11) is 0. The van der Waals surface area contributed by atoms with E-state index in [0.29, 0.717) is 6.54 Å². The monoisotopic (exact) mass is 292 g/mol. The first-order chi connectivity index (χ1) is 9.45. The fourth-order valence-electron chi connectivity index (χ4n) is 3.39. The molecular weight excluding hydrogens is 265 g/mol. The average molecular weight is 292 g/mol. The van der Waals surface area contributed by atoms with Crippen molar-refractivity contribution in [3.63, 3.8) is 0 Å². The quantitative estimate of drug-likeness (QED) is 0.858. The van der Waals surface area contributed by atoms with Crippen LogP contribution in [-0.2, 0) is 0 Å². The summed E-state index contributed by atoms with van der Waals surface area (Å²) >= 11 is 0. The lowest BCUT2D eigenvalue weighted by Crippen LogP contribution is -2.38. The van der Waals surface area contributed by atoms with Crippen LogP contribution in [-0.4, -0.2) is 43.8 Å². The summed E-state index contributed by atoms with van der Waals surface area (Å²) in [6.07, 6.45) is 2.09. The van der Waals surface area contributed by atoms with E-state index in [-0.39, 0.29) is 13.1 Å². The summed E-state index contributed by atoms with van der Waals surface area (Å²) in [5.74, 6) is 0.353. The Morgan fingerprint density at radius 3 is 2.50 bits per heavy atom. The molecule has 1 aliphatic heterocycles. The Labute approximate surface area is 120 Å². The zero-order valence-electron chi connectivity index (χ0n) is 12.4. The highest BCUT2D eigenvalue weighted by atomic mass is 19.4. The molecule has 1 saturated carbocycles. The molecule has 0 bridgehead atoms. The van der Waals surface area contributed by atoms with Crippen LogP contribution in [0.5, 0.6) is 0 Å². The number of rotatable bonds is 3. The lowest BCUT2D eigenvalue weighted by atomic mass is 9.81. The molecule has 0 spiro atoms. The molecular formula is C15H27F3N2. The summed E-state index contributed by atoms with van der Waals surface area (Å²) in [4.78, 5) is 2.01. The number of halogens is 3. The third-order valence-corrected chi connectivity index (χ3v) is 4.93. The van der Waals surface area contributed by atoms with Gasteiger partial charge in [0.2, 0.25) is 0 Å². The van der Waals surface area contributed by atoms with Gasteiger partial charge in [0.1, 0.15) is 0 Å². The van der Waals surface area contributed by atoms with Crippen molar-refractivity contribution in [2.75, 3.05) is 32.7 Å². The van der Waals surface area contributed by atoms with E-state index in [0.717, 1.165) is 31.3 Å². The Kier molecular flexibility index (Phi) is 5.73. The predicted molar refractivity (Wildman–Crippen MR) is 74.6 cm³/mol. The van der Waals surface area contributed by atoms with Gasteiger partial charge in [0, 0.05) is 26.2 Å². The summed E-state index contributed by atoms with van der Waals surface area (Å²) in [6.45, 7) is 4.78. The highest BCUT2D eigenvalue weighted by Crippen LogP contribution is 2.31. The molecule has 2 nitrogen and oxygen atoms in total. The standard InChI is InChI=1S/C15H27F3N2/c1-12-2-4-13(5-3-12)6-8-20-9-7-19-10-14(11-20)15(16,17)18/h12-14,19H,2-11H2,1H3. The van der Waals surface area contributed by atoms with Gasteiger partial charge in [-0.1, -0.05) is 32.6 Å². The highest BCUT2D eigenvalue weighted by Gasteiger charge is 2.40. The van der Waals surface area contributed by atoms with Crippen LogP contribution in [0.1, 0.15) is 39.0 Å². The molecule has 2 rings (SSSR count). The van der Waals surface area contributed by atoms with Crippen LogP contribution in [0.4, 0.5) is 13.2 Å². The van der Waals surface area contributed by atoms with Crippen molar-refractivity contribution in [2.45, 2.75) is 45.2 Å². The number of nitrogens with zero attached hydrogens (tertiary/aromatic N) is 1. The van der Waals surface area contributed by atoms with Crippen LogP contribution in [0.2, 0.25) is 0 Å². The molecule has 1 saturated heterocycles. The lowest BCUT2D eigenvalue weighted by molar-refractivity contribution is -0.175. The van der Waals surface area contributed by atoms with E-state index in [1.54, 1.807) is 0 Å². The second-order valence-electron chi connectivity index (χ2n) is 6.66. The van der Waals surface area contributed by atoms with Gasteiger partial charge < -0.3 is 10.2 Å². The van der Waals surface area contributed by atoms with Crippen molar-refractivity contribution >= 4 is 0 Å². The van der Waals surface area contributed by atoms with Gasteiger partial charge >= 0.3 is 6.18 Å². The van der Waals surface area contributed by atoms with Crippen LogP contribution in [0.3, 0.4) is 0 Å². The Balaban J connectivity index is 1.76. The second kappa shape index (κ2) is 7.12. The lowest BCUT2D eigenvalue weighted by Gasteiger charge is -2.30. The molecule has 20 heavy (non-hydrogen) atoms. The molecule has 1 N–H and O–H groups in total. The first-order valence-electron chi connectivity index (χ1n) is 7.95. The SMILES string of the molecule is CC1CCC(CCN2CCNCC(C(F)(F)F)C2)CC1. The summed E-state index contributed by atoms with van der Waals surface area (Å²) in [5, 5.41) is 2.92. The topological polar surface area (TPSA) is 15.3 Å². The minimum absolute atomic E-state index is 0.0704. The summed E-state index contributed by atoms with van der Waals surface area (Å²) in [5.41, 5.74) is 0. The first-order valence-corrected chi connectivity index (χ1v) is 7.95. The van der Waals surface area contributed by atoms with Crippen molar-refractivity contribution in [3.05, 3.63) is 0 Å². The molecule has 1 unspecified atom stereocenters. The molecule has 5 heteroatoms. The van der Waals surface area contributed by atoms with Gasteiger partial charge in [-0.05, 0) is 24.8 Å². The van der Waals surface area contributed by atoms with E-state index in [9.17, 15) is 13.2 Å². The van der Waals surface area contributed by atoms with Gasteiger partial charge in [-0.25, -0.2) is 0 Å². The Bertz CT molecular complexity index is 285. The summed E-state index contributed by atoms with van der Waals surface area (Å²) < 4.78 is 38.6. The van der Waals surface area contributed by atoms with Crippen LogP contribution >= 0.6 is 0 Å². The van der Waals surface area contributed by atoms with Crippen molar-refractivity contribution in [1.82, 2.24) is 10.2 Å². The first kappa shape index (κ1) is 16.1. The maximum atomic E-state index is 12.9. The Hall–Kier alpha value is -0.290. The van der Waals surface area contributed by atoms with Gasteiger partial charge in [0.05, 0.1) is 5.92 Å². The van der Waals surface area contributed by atoms with Crippen molar-refractivity contribution in [3.8, 4) is 0 Å². The summed E-state index contributed by atoms with van der Waals surface area (Å²) in [6, 6.07) is 0. The van der Waals surface area contributed by atoms with Gasteiger partial charge in [0.15, 0.2) is 0 Å². The van der Waals surface area contributed by atoms with E-state index in [1.807, 2.05) is 4.90 Å². The number of hydrogen-bond acceptors (Lipinski definition) is 2. The fourth-order valence-corrected chi connectivity index (χ4v) is 3.39. The van der Waals surface area contributed by atoms with E-state index in [1.165, 1.54) is 25.7 Å². The van der Waals surface area contributed by atoms with Gasteiger partial charge in [0.25, 0.3) is 0 Å². The largest absolute Gasteiger partial charge is 0.394 e. The maximum absolute atomic E-state index is 12.9. The molecule has 0 amide bonds. The van der Waals surface area contributed by atoms with E-state index < -0.39 is 12.1 Å². The van der Waals surface area contributed by atoms with Gasteiger partial charge in [-0.2, -0.15) is 13.2 Å². The highest BCUT2D eigenvalue weighted by molar-refractivity contribution is 4.80. The molecule has 0 aromatic rings. The third-order valence-electron chi connectivity index (χ3n) is 4.93. The molecule has 2 aliphatic rings. The van der Waals surface area contributed by atoms with Crippen LogP contribution in [0.25, 0.3) is 0 Å². The van der Waals surface area contributed by atoms with E-state index in [4.69, 9.17) is 0 Å². The predicted octanol–water partition coefficient (Wildman–Crippen LogP) is 3.29. The molecule has 0 radical (unpaired) electrons. The van der Waals surface area contributed by atoms with Crippen molar-refractivity contribution < 1.29 is 13.2 Å². The Morgan fingerprint density at radius 1 is 1.15 bits per heavy atom. The minimum Gasteiger partial charge on any atom is -0.315 e. The Morgan fingerprint density at radius 2 is 1.85 bits per heavy atom. The smallest absolute Gasteiger partial charge is 0.315 e. The van der Waals surface area contributed by atoms with Crippen molar-refractivity contribution in [1.29, 1.82) is 0 Å². The third kappa shape index (κ3) is 4.92. The fraction of sp³-hybridized carbons (Fsp3) is 1.00. The van der Waals surface area contributed by atoms with Crippen LogP contribution < -0.4 is 5.32 Å². The van der Waals surface area contributed by atoms with Gasteiger partial charge in [-0.3, -0.25) is 0 Å². The second-order valence-corrected chi connectivity index (χ2v) is 6.66. The van der Waals surface area contributed by atoms with Crippen LogP contribution in [0, 0.1) is 17.8 Å². The van der Waals surface area contributed by atoms with Gasteiger partial charge in [-0.15, -0.1) is 0 Å². The number of nitrogens with one attached hydrogen (secondary N) is 1. The molecule has 2 fully saturated rings. The van der Waals surface area contributed by atoms with E-state index >= 15 is 0 Å². The molecule has 1 heterocycles. The molecule has 118 valence electrons. The zero-order valence-corrected chi connectivity index (χ0v) is 12.4. The maximum Gasteiger partial charge on any atom is 0.394 e. The molecule has 1 aliphatic carbocycles. The molecule has 1 atom stereocenters. The van der Waals surface area contributed by atoms with E-state index in [2.05, 4.69) is 12.2 Å². The number of hydrogen-bond donors (Lipinski definition) is 1. The van der Waals surface area contributed by atoms with Crippen LogP contribution in [0.15, 0.2) is 0 Å². The normalized spacial score (nSPS) is 33.9. The minimum atomic E-state index is -4.07. The van der Waals surface area contributed by atoms with Crippen molar-refractivity contribution in [2.24, 2.45) is 17.8 Å². The zero-order chi connectivity index (χ0) is 14.6. The average Bonchev–Trinajstić information content (AvgIpc) is 2.63.